The van der Waals surface area contributed by atoms with Gasteiger partial charge in [-0.3, -0.25) is 0 Å². The number of alkyl halides is 1. The fraction of sp³-hybridized carbons (Fsp3) is 0.500. The minimum atomic E-state index is -3.52. The zero-order valence-corrected chi connectivity index (χ0v) is 12.2. The summed E-state index contributed by atoms with van der Waals surface area (Å²) in [5.74, 6) is 0.305. The molecule has 1 fully saturated rings. The van der Waals surface area contributed by atoms with Crippen LogP contribution in [-0.2, 0) is 10.0 Å². The summed E-state index contributed by atoms with van der Waals surface area (Å²) in [6.07, 6.45) is 3.61. The molecule has 1 N–H and O–H groups in total. The lowest BCUT2D eigenvalue weighted by Crippen LogP contribution is -2.47. The lowest BCUT2D eigenvalue weighted by atomic mass is 10.0. The van der Waals surface area contributed by atoms with Gasteiger partial charge in [-0.15, -0.1) is 11.6 Å². The van der Waals surface area contributed by atoms with Gasteiger partial charge in [0.15, 0.2) is 0 Å². The first-order valence-electron chi connectivity index (χ1n) is 5.83. The first kappa shape index (κ1) is 14.1. The first-order chi connectivity index (χ1) is 8.47. The van der Waals surface area contributed by atoms with Crippen LogP contribution in [0, 0.1) is 0 Å². The molecule has 0 heterocycles. The molecule has 0 aliphatic heterocycles. The second-order valence-corrected chi connectivity index (χ2v) is 7.07. The van der Waals surface area contributed by atoms with E-state index in [0.29, 0.717) is 10.9 Å². The molecule has 3 nitrogen and oxygen atoms in total. The molecule has 1 aliphatic rings. The molecule has 0 spiro atoms. The molecular formula is C12H15Cl2NO2S. The van der Waals surface area contributed by atoms with E-state index >= 15 is 0 Å². The second-order valence-electron chi connectivity index (χ2n) is 4.68. The average Bonchev–Trinajstić information content (AvgIpc) is 2.78. The summed E-state index contributed by atoms with van der Waals surface area (Å²) in [4.78, 5) is 0.225. The number of hydrogen-bond acceptors (Lipinski definition) is 2. The summed E-state index contributed by atoms with van der Waals surface area (Å²) < 4.78 is 27.3. The maximum absolute atomic E-state index is 12.3. The van der Waals surface area contributed by atoms with Crippen LogP contribution in [0.3, 0.4) is 0 Å². The molecule has 0 radical (unpaired) electrons. The number of hydrogen-bond donors (Lipinski definition) is 1. The quantitative estimate of drug-likeness (QED) is 0.868. The molecule has 0 unspecified atom stereocenters. The first-order valence-corrected chi connectivity index (χ1v) is 8.23. The van der Waals surface area contributed by atoms with Gasteiger partial charge in [0.2, 0.25) is 10.0 Å². The summed E-state index contributed by atoms with van der Waals surface area (Å²) in [5.41, 5.74) is -0.486. The molecule has 0 bridgehead atoms. The standard InChI is InChI=1S/C12H15Cl2NO2S/c13-9-12(7-1-2-8-12)15-18(16,17)11-5-3-10(14)4-6-11/h3-6,15H,1-2,7-9H2. The van der Waals surface area contributed by atoms with Gasteiger partial charge in [0, 0.05) is 16.4 Å². The molecule has 0 saturated heterocycles. The number of sulfonamides is 1. The molecular weight excluding hydrogens is 293 g/mol. The van der Waals surface area contributed by atoms with Crippen LogP contribution in [-0.4, -0.2) is 19.8 Å². The predicted molar refractivity (Wildman–Crippen MR) is 73.7 cm³/mol. The molecule has 1 aromatic rings. The molecule has 1 saturated carbocycles. The third-order valence-corrected chi connectivity index (χ3v) is 5.65. The number of halogens is 2. The summed E-state index contributed by atoms with van der Waals surface area (Å²) in [7, 11) is -3.52. The van der Waals surface area contributed by atoms with Crippen molar-refractivity contribution < 1.29 is 8.42 Å². The van der Waals surface area contributed by atoms with Crippen molar-refractivity contribution in [1.82, 2.24) is 4.72 Å². The Bertz CT molecular complexity index is 507. The van der Waals surface area contributed by atoms with E-state index in [1.165, 1.54) is 12.1 Å². The zero-order valence-electron chi connectivity index (χ0n) is 9.83. The summed E-state index contributed by atoms with van der Waals surface area (Å²) in [6.45, 7) is 0. The topological polar surface area (TPSA) is 46.2 Å². The fourth-order valence-electron chi connectivity index (χ4n) is 2.27. The minimum absolute atomic E-state index is 0.225. The Kier molecular flexibility index (Phi) is 4.22. The van der Waals surface area contributed by atoms with Crippen LogP contribution in [0.1, 0.15) is 25.7 Å². The normalized spacial score (nSPS) is 19.0. The summed E-state index contributed by atoms with van der Waals surface area (Å²) >= 11 is 11.7. The van der Waals surface area contributed by atoms with Gasteiger partial charge in [-0.25, -0.2) is 13.1 Å². The SMILES string of the molecule is O=S(=O)(NC1(CCl)CCCC1)c1ccc(Cl)cc1. The largest absolute Gasteiger partial charge is 0.241 e. The highest BCUT2D eigenvalue weighted by atomic mass is 35.5. The van der Waals surface area contributed by atoms with E-state index in [9.17, 15) is 8.42 Å². The van der Waals surface area contributed by atoms with Crippen LogP contribution in [0.2, 0.25) is 5.02 Å². The molecule has 6 heteroatoms. The van der Waals surface area contributed by atoms with Crippen LogP contribution in [0.4, 0.5) is 0 Å². The van der Waals surface area contributed by atoms with Crippen molar-refractivity contribution in [3.05, 3.63) is 29.3 Å². The fourth-order valence-corrected chi connectivity index (χ4v) is 4.27. The van der Waals surface area contributed by atoms with Crippen LogP contribution < -0.4 is 4.72 Å². The van der Waals surface area contributed by atoms with Gasteiger partial charge < -0.3 is 0 Å². The average molecular weight is 308 g/mol. The van der Waals surface area contributed by atoms with Crippen LogP contribution in [0.15, 0.2) is 29.2 Å². The Balaban J connectivity index is 2.24. The molecule has 0 aromatic heterocycles. The highest BCUT2D eigenvalue weighted by molar-refractivity contribution is 7.89. The molecule has 2 rings (SSSR count). The van der Waals surface area contributed by atoms with Crippen LogP contribution in [0.25, 0.3) is 0 Å². The zero-order chi connectivity index (χ0) is 13.2. The van der Waals surface area contributed by atoms with Gasteiger partial charge >= 0.3 is 0 Å². The van der Waals surface area contributed by atoms with Gasteiger partial charge in [-0.05, 0) is 37.1 Å². The van der Waals surface area contributed by atoms with Gasteiger partial charge in [0.25, 0.3) is 0 Å². The Morgan fingerprint density at radius 2 is 1.72 bits per heavy atom. The monoisotopic (exact) mass is 307 g/mol. The van der Waals surface area contributed by atoms with Crippen molar-refractivity contribution >= 4 is 33.2 Å². The Morgan fingerprint density at radius 1 is 1.17 bits per heavy atom. The van der Waals surface area contributed by atoms with Gasteiger partial charge in [0.05, 0.1) is 4.90 Å². The summed E-state index contributed by atoms with van der Waals surface area (Å²) in [5, 5.41) is 0.516. The number of benzene rings is 1. The van der Waals surface area contributed by atoms with Crippen molar-refractivity contribution in [2.24, 2.45) is 0 Å². The van der Waals surface area contributed by atoms with Crippen molar-refractivity contribution in [2.75, 3.05) is 5.88 Å². The van der Waals surface area contributed by atoms with Gasteiger partial charge in [-0.1, -0.05) is 24.4 Å². The van der Waals surface area contributed by atoms with E-state index in [0.717, 1.165) is 25.7 Å². The smallest absolute Gasteiger partial charge is 0.207 e. The van der Waals surface area contributed by atoms with E-state index in [-0.39, 0.29) is 4.90 Å². The molecule has 0 amide bonds. The van der Waals surface area contributed by atoms with E-state index < -0.39 is 15.6 Å². The maximum Gasteiger partial charge on any atom is 0.241 e. The van der Waals surface area contributed by atoms with Crippen LogP contribution in [0.5, 0.6) is 0 Å². The lowest BCUT2D eigenvalue weighted by molar-refractivity contribution is 0.433. The molecule has 100 valence electrons. The maximum atomic E-state index is 12.3. The molecule has 0 atom stereocenters. The Morgan fingerprint density at radius 3 is 2.22 bits per heavy atom. The van der Waals surface area contributed by atoms with Crippen molar-refractivity contribution in [3.8, 4) is 0 Å². The van der Waals surface area contributed by atoms with E-state index in [1.54, 1.807) is 12.1 Å². The molecule has 18 heavy (non-hydrogen) atoms. The summed E-state index contributed by atoms with van der Waals surface area (Å²) in [6, 6.07) is 6.14. The van der Waals surface area contributed by atoms with Crippen LogP contribution >= 0.6 is 23.2 Å². The van der Waals surface area contributed by atoms with Crippen molar-refractivity contribution in [3.63, 3.8) is 0 Å². The van der Waals surface area contributed by atoms with E-state index in [4.69, 9.17) is 23.2 Å². The highest BCUT2D eigenvalue weighted by Crippen LogP contribution is 2.32. The number of nitrogens with one attached hydrogen (secondary N) is 1. The second kappa shape index (κ2) is 5.37. The van der Waals surface area contributed by atoms with Gasteiger partial charge in [-0.2, -0.15) is 0 Å². The van der Waals surface area contributed by atoms with E-state index in [2.05, 4.69) is 4.72 Å². The highest BCUT2D eigenvalue weighted by Gasteiger charge is 2.37. The minimum Gasteiger partial charge on any atom is -0.207 e. The number of rotatable bonds is 4. The predicted octanol–water partition coefficient (Wildman–Crippen LogP) is 3.17. The molecule has 1 aromatic carbocycles. The van der Waals surface area contributed by atoms with Crippen molar-refractivity contribution in [1.29, 1.82) is 0 Å². The van der Waals surface area contributed by atoms with Crippen molar-refractivity contribution in [2.45, 2.75) is 36.1 Å². The Labute approximate surface area is 118 Å². The lowest BCUT2D eigenvalue weighted by Gasteiger charge is -2.27. The third kappa shape index (κ3) is 2.99. The van der Waals surface area contributed by atoms with Gasteiger partial charge in [0.1, 0.15) is 0 Å². The Hall–Kier alpha value is -0.290. The third-order valence-electron chi connectivity index (χ3n) is 3.29. The molecule has 1 aliphatic carbocycles. The van der Waals surface area contributed by atoms with E-state index in [1.807, 2.05) is 0 Å².